The van der Waals surface area contributed by atoms with Gasteiger partial charge in [0, 0.05) is 29.5 Å². The molecule has 0 saturated heterocycles. The summed E-state index contributed by atoms with van der Waals surface area (Å²) in [4.78, 5) is 2.52. The number of hydrogen-bond acceptors (Lipinski definition) is 1. The van der Waals surface area contributed by atoms with Crippen LogP contribution < -0.4 is 4.90 Å². The molecule has 1 aliphatic carbocycles. The number of anilines is 1. The summed E-state index contributed by atoms with van der Waals surface area (Å²) >= 11 is 3.53. The van der Waals surface area contributed by atoms with Crippen LogP contribution in [-0.4, -0.2) is 18.4 Å². The van der Waals surface area contributed by atoms with Crippen molar-refractivity contribution in [2.24, 2.45) is 0 Å². The lowest BCUT2D eigenvalue weighted by Crippen LogP contribution is -2.26. The van der Waals surface area contributed by atoms with Crippen molar-refractivity contribution in [1.29, 1.82) is 0 Å². The third-order valence-electron chi connectivity index (χ3n) is 3.52. The van der Waals surface area contributed by atoms with E-state index in [4.69, 9.17) is 0 Å². The van der Waals surface area contributed by atoms with Gasteiger partial charge < -0.3 is 4.90 Å². The second-order valence-corrected chi connectivity index (χ2v) is 5.20. The molecular weight excluding hydrogens is 238 g/mol. The molecule has 0 aromatic heterocycles. The number of benzene rings is 1. The molecule has 3 rings (SSSR count). The van der Waals surface area contributed by atoms with Gasteiger partial charge in [0.1, 0.15) is 0 Å². The molecule has 1 spiro atoms. The van der Waals surface area contributed by atoms with Gasteiger partial charge in [0.25, 0.3) is 0 Å². The Hall–Kier alpha value is -0.500. The molecule has 1 aromatic carbocycles. The Balaban J connectivity index is 2.01. The van der Waals surface area contributed by atoms with Crippen molar-refractivity contribution in [1.82, 2.24) is 0 Å². The van der Waals surface area contributed by atoms with E-state index in [-0.39, 0.29) is 0 Å². The highest BCUT2D eigenvalue weighted by atomic mass is 79.9. The summed E-state index contributed by atoms with van der Waals surface area (Å²) in [5.41, 5.74) is 3.63. The van der Waals surface area contributed by atoms with Gasteiger partial charge in [0.15, 0.2) is 0 Å². The molecule has 0 unspecified atom stereocenters. The van der Waals surface area contributed by atoms with E-state index >= 15 is 0 Å². The molecule has 0 amide bonds. The second kappa shape index (κ2) is 2.99. The van der Waals surface area contributed by atoms with Crippen LogP contribution in [0, 0.1) is 0 Å². The SMILES string of the molecule is BrCCN1CC2(CC2)c2ccccc21. The third-order valence-corrected chi connectivity index (χ3v) is 3.87. The summed E-state index contributed by atoms with van der Waals surface area (Å²) < 4.78 is 0. The summed E-state index contributed by atoms with van der Waals surface area (Å²) in [6.07, 6.45) is 2.78. The van der Waals surface area contributed by atoms with E-state index in [0.717, 1.165) is 11.9 Å². The van der Waals surface area contributed by atoms with Gasteiger partial charge in [-0.3, -0.25) is 0 Å². The van der Waals surface area contributed by atoms with Crippen molar-refractivity contribution >= 4 is 21.6 Å². The van der Waals surface area contributed by atoms with Gasteiger partial charge in [0.05, 0.1) is 0 Å². The average Bonchev–Trinajstić information content (AvgIpc) is 2.91. The Labute approximate surface area is 93.2 Å². The summed E-state index contributed by atoms with van der Waals surface area (Å²) in [5, 5.41) is 1.07. The fraction of sp³-hybridized carbons (Fsp3) is 0.500. The van der Waals surface area contributed by atoms with Crippen LogP contribution in [0.3, 0.4) is 0 Å². The molecule has 1 aromatic rings. The summed E-state index contributed by atoms with van der Waals surface area (Å²) in [6, 6.07) is 8.92. The highest BCUT2D eigenvalue weighted by molar-refractivity contribution is 9.09. The van der Waals surface area contributed by atoms with E-state index in [2.05, 4.69) is 45.1 Å². The van der Waals surface area contributed by atoms with Crippen molar-refractivity contribution in [3.05, 3.63) is 29.8 Å². The van der Waals surface area contributed by atoms with Gasteiger partial charge in [-0.2, -0.15) is 0 Å². The molecule has 14 heavy (non-hydrogen) atoms. The molecule has 0 atom stereocenters. The minimum absolute atomic E-state index is 0.554. The first-order valence-corrected chi connectivity index (χ1v) is 6.38. The van der Waals surface area contributed by atoms with Crippen LogP contribution >= 0.6 is 15.9 Å². The van der Waals surface area contributed by atoms with E-state index in [1.807, 2.05) is 0 Å². The zero-order chi connectivity index (χ0) is 9.60. The molecule has 0 radical (unpaired) electrons. The molecule has 1 saturated carbocycles. The Bertz CT molecular complexity index is 357. The van der Waals surface area contributed by atoms with E-state index in [9.17, 15) is 0 Å². The van der Waals surface area contributed by atoms with Crippen LogP contribution in [0.25, 0.3) is 0 Å². The molecule has 74 valence electrons. The first-order chi connectivity index (χ1) is 6.86. The van der Waals surface area contributed by atoms with Crippen LogP contribution in [0.15, 0.2) is 24.3 Å². The molecule has 0 bridgehead atoms. The van der Waals surface area contributed by atoms with Crippen molar-refractivity contribution < 1.29 is 0 Å². The fourth-order valence-electron chi connectivity index (χ4n) is 2.61. The number of hydrogen-bond donors (Lipinski definition) is 0. The molecule has 2 heteroatoms. The Kier molecular flexibility index (Phi) is 1.88. The standard InChI is InChI=1S/C12H14BrN/c13-7-8-14-9-12(5-6-12)10-3-1-2-4-11(10)14/h1-4H,5-9H2. The monoisotopic (exact) mass is 251 g/mol. The number of para-hydroxylation sites is 1. The van der Waals surface area contributed by atoms with Crippen LogP contribution in [0.5, 0.6) is 0 Å². The maximum Gasteiger partial charge on any atom is 0.0405 e. The minimum atomic E-state index is 0.554. The lowest BCUT2D eigenvalue weighted by atomic mass is 9.99. The predicted molar refractivity (Wildman–Crippen MR) is 63.4 cm³/mol. The highest BCUT2D eigenvalue weighted by Crippen LogP contribution is 2.56. The average molecular weight is 252 g/mol. The lowest BCUT2D eigenvalue weighted by molar-refractivity contribution is 0.710. The Morgan fingerprint density at radius 3 is 2.79 bits per heavy atom. The first-order valence-electron chi connectivity index (χ1n) is 5.26. The minimum Gasteiger partial charge on any atom is -0.370 e. The molecule has 0 N–H and O–H groups in total. The number of halogens is 1. The number of fused-ring (bicyclic) bond motifs is 2. The van der Waals surface area contributed by atoms with Gasteiger partial charge >= 0.3 is 0 Å². The maximum absolute atomic E-state index is 3.53. The topological polar surface area (TPSA) is 3.24 Å². The molecular formula is C12H14BrN. The van der Waals surface area contributed by atoms with Crippen LogP contribution in [0.4, 0.5) is 5.69 Å². The molecule has 1 fully saturated rings. The second-order valence-electron chi connectivity index (χ2n) is 4.41. The summed E-state index contributed by atoms with van der Waals surface area (Å²) in [6.45, 7) is 2.39. The molecule has 1 heterocycles. The van der Waals surface area contributed by atoms with E-state index in [1.54, 1.807) is 5.56 Å². The zero-order valence-electron chi connectivity index (χ0n) is 8.17. The summed E-state index contributed by atoms with van der Waals surface area (Å²) in [7, 11) is 0. The van der Waals surface area contributed by atoms with Crippen molar-refractivity contribution in [3.63, 3.8) is 0 Å². The first kappa shape index (κ1) is 8.78. The quantitative estimate of drug-likeness (QED) is 0.731. The van der Waals surface area contributed by atoms with Gasteiger partial charge in [-0.25, -0.2) is 0 Å². The van der Waals surface area contributed by atoms with Gasteiger partial charge in [-0.15, -0.1) is 0 Å². The largest absolute Gasteiger partial charge is 0.370 e. The number of nitrogens with zero attached hydrogens (tertiary/aromatic N) is 1. The Morgan fingerprint density at radius 1 is 1.29 bits per heavy atom. The van der Waals surface area contributed by atoms with E-state index in [0.29, 0.717) is 5.41 Å². The van der Waals surface area contributed by atoms with Gasteiger partial charge in [-0.1, -0.05) is 34.1 Å². The number of alkyl halides is 1. The highest BCUT2D eigenvalue weighted by Gasteiger charge is 2.51. The molecule has 1 nitrogen and oxygen atoms in total. The maximum atomic E-state index is 3.53. The smallest absolute Gasteiger partial charge is 0.0405 e. The molecule has 1 aliphatic heterocycles. The van der Waals surface area contributed by atoms with Crippen molar-refractivity contribution in [2.45, 2.75) is 18.3 Å². The van der Waals surface area contributed by atoms with Gasteiger partial charge in [-0.05, 0) is 24.5 Å². The summed E-state index contributed by atoms with van der Waals surface area (Å²) in [5.74, 6) is 0. The van der Waals surface area contributed by atoms with Crippen LogP contribution in [0.1, 0.15) is 18.4 Å². The zero-order valence-corrected chi connectivity index (χ0v) is 9.76. The lowest BCUT2D eigenvalue weighted by Gasteiger charge is -2.18. The van der Waals surface area contributed by atoms with Crippen LogP contribution in [0.2, 0.25) is 0 Å². The van der Waals surface area contributed by atoms with Crippen molar-refractivity contribution in [2.75, 3.05) is 23.3 Å². The Morgan fingerprint density at radius 2 is 2.07 bits per heavy atom. The van der Waals surface area contributed by atoms with Gasteiger partial charge in [0.2, 0.25) is 0 Å². The normalized spacial score (nSPS) is 21.4. The predicted octanol–water partition coefficient (Wildman–Crippen LogP) is 2.93. The molecule has 2 aliphatic rings. The third kappa shape index (κ3) is 1.13. The number of rotatable bonds is 2. The van der Waals surface area contributed by atoms with E-state index < -0.39 is 0 Å². The fourth-order valence-corrected chi connectivity index (χ4v) is 3.04. The van der Waals surface area contributed by atoms with Crippen LogP contribution in [-0.2, 0) is 5.41 Å². The van der Waals surface area contributed by atoms with Crippen molar-refractivity contribution in [3.8, 4) is 0 Å². The van der Waals surface area contributed by atoms with E-state index in [1.165, 1.54) is 25.1 Å².